The van der Waals surface area contributed by atoms with Gasteiger partial charge in [0, 0.05) is 24.4 Å². The van der Waals surface area contributed by atoms with E-state index >= 15 is 0 Å². The lowest BCUT2D eigenvalue weighted by molar-refractivity contribution is -0.121. The van der Waals surface area contributed by atoms with Crippen molar-refractivity contribution in [2.24, 2.45) is 5.92 Å². The number of piperidine rings is 1. The molecular weight excluding hydrogens is 240 g/mol. The summed E-state index contributed by atoms with van der Waals surface area (Å²) in [5.41, 5.74) is 1.20. The second-order valence-corrected chi connectivity index (χ2v) is 5.67. The van der Waals surface area contributed by atoms with E-state index in [1.54, 1.807) is 6.33 Å². The number of carbonyl (C=O) groups excluding carboxylic acids is 1. The number of nitrogens with zero attached hydrogens (tertiary/aromatic N) is 2. The molecule has 1 fully saturated rings. The first-order chi connectivity index (χ1) is 9.16. The van der Waals surface area contributed by atoms with Crippen LogP contribution in [0.25, 0.3) is 0 Å². The van der Waals surface area contributed by atoms with Crippen LogP contribution in [0.1, 0.15) is 38.3 Å². The lowest BCUT2D eigenvalue weighted by Crippen LogP contribution is -2.32. The van der Waals surface area contributed by atoms with Gasteiger partial charge in [-0.1, -0.05) is 13.8 Å². The number of carbonyl (C=O) groups is 1. The van der Waals surface area contributed by atoms with Crippen molar-refractivity contribution in [2.45, 2.75) is 39.2 Å². The average Bonchev–Trinajstić information content (AvgIpc) is 2.85. The van der Waals surface area contributed by atoms with Gasteiger partial charge in [0.05, 0.1) is 6.33 Å². The maximum absolute atomic E-state index is 11.9. The molecule has 0 saturated carbocycles. The van der Waals surface area contributed by atoms with Crippen molar-refractivity contribution in [1.29, 1.82) is 0 Å². The minimum atomic E-state index is 0.0712. The number of rotatable bonds is 5. The van der Waals surface area contributed by atoms with Gasteiger partial charge in [0.1, 0.15) is 6.54 Å². The zero-order valence-corrected chi connectivity index (χ0v) is 11.9. The Bertz CT molecular complexity index is 407. The Morgan fingerprint density at radius 3 is 2.95 bits per heavy atom. The summed E-state index contributed by atoms with van der Waals surface area (Å²) in [5.74, 6) is 1.08. The van der Waals surface area contributed by atoms with Gasteiger partial charge in [-0.25, -0.2) is 4.98 Å². The fourth-order valence-corrected chi connectivity index (χ4v) is 2.45. The molecule has 5 nitrogen and oxygen atoms in total. The lowest BCUT2D eigenvalue weighted by Gasteiger charge is -2.23. The minimum Gasteiger partial charge on any atom is -0.354 e. The van der Waals surface area contributed by atoms with Crippen LogP contribution in [0.3, 0.4) is 0 Å². The molecule has 1 aliphatic rings. The van der Waals surface area contributed by atoms with Crippen LogP contribution in [-0.4, -0.2) is 35.1 Å². The van der Waals surface area contributed by atoms with Crippen LogP contribution in [0.5, 0.6) is 0 Å². The number of aromatic nitrogens is 2. The first-order valence-electron chi connectivity index (χ1n) is 7.14. The van der Waals surface area contributed by atoms with Crippen molar-refractivity contribution in [2.75, 3.05) is 19.6 Å². The van der Waals surface area contributed by atoms with Gasteiger partial charge in [0.15, 0.2) is 0 Å². The minimum absolute atomic E-state index is 0.0712. The summed E-state index contributed by atoms with van der Waals surface area (Å²) in [6.07, 6.45) is 5.93. The number of imidazole rings is 1. The van der Waals surface area contributed by atoms with Gasteiger partial charge in [-0.2, -0.15) is 0 Å². The predicted octanol–water partition coefficient (Wildman–Crippen LogP) is 1.12. The molecule has 2 rings (SSSR count). The number of amides is 1. The summed E-state index contributed by atoms with van der Waals surface area (Å²) < 4.78 is 1.99. The van der Waals surface area contributed by atoms with Crippen LogP contribution in [0.4, 0.5) is 0 Å². The number of hydrogen-bond acceptors (Lipinski definition) is 3. The predicted molar refractivity (Wildman–Crippen MR) is 74.9 cm³/mol. The first kappa shape index (κ1) is 14.1. The third kappa shape index (κ3) is 4.06. The van der Waals surface area contributed by atoms with Gasteiger partial charge in [-0.3, -0.25) is 4.79 Å². The Kier molecular flexibility index (Phi) is 4.96. The molecule has 2 heterocycles. The van der Waals surface area contributed by atoms with Gasteiger partial charge >= 0.3 is 0 Å². The number of hydrogen-bond donors (Lipinski definition) is 2. The Morgan fingerprint density at radius 1 is 1.53 bits per heavy atom. The molecule has 1 aromatic heterocycles. The zero-order chi connectivity index (χ0) is 13.7. The van der Waals surface area contributed by atoms with Gasteiger partial charge in [-0.05, 0) is 31.8 Å². The fraction of sp³-hybridized carbons (Fsp3) is 0.714. The molecule has 19 heavy (non-hydrogen) atoms. The van der Waals surface area contributed by atoms with Crippen LogP contribution in [-0.2, 0) is 11.3 Å². The smallest absolute Gasteiger partial charge is 0.239 e. The highest BCUT2D eigenvalue weighted by Gasteiger charge is 2.19. The van der Waals surface area contributed by atoms with Crippen LogP contribution >= 0.6 is 0 Å². The second kappa shape index (κ2) is 6.70. The molecule has 1 aromatic rings. The molecule has 106 valence electrons. The quantitative estimate of drug-likeness (QED) is 0.838. The largest absolute Gasteiger partial charge is 0.354 e. The summed E-state index contributed by atoms with van der Waals surface area (Å²) >= 11 is 0. The molecule has 0 bridgehead atoms. The lowest BCUT2D eigenvalue weighted by atomic mass is 9.95. The Balaban J connectivity index is 1.93. The Morgan fingerprint density at radius 2 is 2.26 bits per heavy atom. The molecule has 0 spiro atoms. The van der Waals surface area contributed by atoms with E-state index in [1.807, 2.05) is 10.8 Å². The van der Waals surface area contributed by atoms with Crippen molar-refractivity contribution in [3.63, 3.8) is 0 Å². The maximum Gasteiger partial charge on any atom is 0.239 e. The highest BCUT2D eigenvalue weighted by atomic mass is 16.1. The maximum atomic E-state index is 11.9. The zero-order valence-electron chi connectivity index (χ0n) is 11.9. The summed E-state index contributed by atoms with van der Waals surface area (Å²) in [5, 5.41) is 6.31. The van der Waals surface area contributed by atoms with Crippen molar-refractivity contribution >= 4 is 5.91 Å². The first-order valence-corrected chi connectivity index (χ1v) is 7.14. The van der Waals surface area contributed by atoms with E-state index in [0.29, 0.717) is 18.4 Å². The summed E-state index contributed by atoms with van der Waals surface area (Å²) in [6.45, 7) is 7.41. The molecule has 2 N–H and O–H groups in total. The Labute approximate surface area is 114 Å². The highest BCUT2D eigenvalue weighted by Crippen LogP contribution is 2.24. The normalized spacial score (nSPS) is 16.8. The van der Waals surface area contributed by atoms with E-state index in [0.717, 1.165) is 32.5 Å². The van der Waals surface area contributed by atoms with Crippen molar-refractivity contribution in [3.8, 4) is 0 Å². The molecule has 0 atom stereocenters. The van der Waals surface area contributed by atoms with Gasteiger partial charge in [-0.15, -0.1) is 0 Å². The van der Waals surface area contributed by atoms with E-state index in [1.165, 1.54) is 5.69 Å². The third-order valence-electron chi connectivity index (χ3n) is 3.52. The molecule has 0 aromatic carbocycles. The van der Waals surface area contributed by atoms with E-state index in [2.05, 4.69) is 29.5 Å². The monoisotopic (exact) mass is 264 g/mol. The average molecular weight is 264 g/mol. The highest BCUT2D eigenvalue weighted by molar-refractivity contribution is 5.75. The van der Waals surface area contributed by atoms with E-state index in [9.17, 15) is 4.79 Å². The fourth-order valence-electron chi connectivity index (χ4n) is 2.45. The van der Waals surface area contributed by atoms with Crippen LogP contribution in [0.2, 0.25) is 0 Å². The molecular formula is C14H24N4O. The third-order valence-corrected chi connectivity index (χ3v) is 3.52. The van der Waals surface area contributed by atoms with Gasteiger partial charge in [0.25, 0.3) is 0 Å². The summed E-state index contributed by atoms with van der Waals surface area (Å²) in [4.78, 5) is 16.1. The SMILES string of the molecule is CC(C)CNC(=O)Cn1cncc1C1CCNCC1. The van der Waals surface area contributed by atoms with Crippen molar-refractivity contribution in [3.05, 3.63) is 18.2 Å². The van der Waals surface area contributed by atoms with Crippen LogP contribution in [0, 0.1) is 5.92 Å². The molecule has 1 amide bonds. The van der Waals surface area contributed by atoms with E-state index < -0.39 is 0 Å². The van der Waals surface area contributed by atoms with Gasteiger partial charge < -0.3 is 15.2 Å². The standard InChI is InChI=1S/C14H24N4O/c1-11(2)7-17-14(19)9-18-10-16-8-13(18)12-3-5-15-6-4-12/h8,10-12,15H,3-7,9H2,1-2H3,(H,17,19). The van der Waals surface area contributed by atoms with E-state index in [4.69, 9.17) is 0 Å². The van der Waals surface area contributed by atoms with Crippen LogP contribution < -0.4 is 10.6 Å². The van der Waals surface area contributed by atoms with Gasteiger partial charge in [0.2, 0.25) is 5.91 Å². The molecule has 0 unspecified atom stereocenters. The summed E-state index contributed by atoms with van der Waals surface area (Å²) in [6, 6.07) is 0. The molecule has 0 aliphatic carbocycles. The van der Waals surface area contributed by atoms with Crippen LogP contribution in [0.15, 0.2) is 12.5 Å². The Hall–Kier alpha value is -1.36. The summed E-state index contributed by atoms with van der Waals surface area (Å²) in [7, 11) is 0. The molecule has 1 aliphatic heterocycles. The van der Waals surface area contributed by atoms with Crippen molar-refractivity contribution < 1.29 is 4.79 Å². The molecule has 0 radical (unpaired) electrons. The molecule has 1 saturated heterocycles. The number of nitrogens with one attached hydrogen (secondary N) is 2. The van der Waals surface area contributed by atoms with Crippen molar-refractivity contribution in [1.82, 2.24) is 20.2 Å². The second-order valence-electron chi connectivity index (χ2n) is 5.67. The topological polar surface area (TPSA) is 59.0 Å². The van der Waals surface area contributed by atoms with E-state index in [-0.39, 0.29) is 5.91 Å². The molecule has 5 heteroatoms.